The van der Waals surface area contributed by atoms with Crippen molar-refractivity contribution >= 4 is 43.2 Å². The van der Waals surface area contributed by atoms with Gasteiger partial charge in [-0.2, -0.15) is 4.99 Å². The van der Waals surface area contributed by atoms with E-state index in [1.807, 2.05) is 6.07 Å². The number of amides is 1. The standard InChI is InChI=1S/C24H23N3O5S2/c1-26-21-19(31-3)14-15-20(32-4)22(21)33-24(26)25-23(28)16-10-12-18(13-11-16)34(29,30)27(2)17-8-6-5-7-9-17/h5-15H,1-4H3. The third-order valence-electron chi connectivity index (χ3n) is 5.39. The Hall–Kier alpha value is -3.63. The van der Waals surface area contributed by atoms with Crippen LogP contribution in [-0.2, 0) is 17.1 Å². The van der Waals surface area contributed by atoms with Crippen molar-refractivity contribution < 1.29 is 22.7 Å². The molecule has 4 rings (SSSR count). The molecule has 0 radical (unpaired) electrons. The highest BCUT2D eigenvalue weighted by atomic mass is 32.2. The Labute approximate surface area is 201 Å². The lowest BCUT2D eigenvalue weighted by Gasteiger charge is -2.19. The highest BCUT2D eigenvalue weighted by Gasteiger charge is 2.21. The number of aryl methyl sites for hydroxylation is 1. The summed E-state index contributed by atoms with van der Waals surface area (Å²) in [6.07, 6.45) is 0. The molecule has 34 heavy (non-hydrogen) atoms. The number of rotatable bonds is 6. The van der Waals surface area contributed by atoms with Gasteiger partial charge < -0.3 is 14.0 Å². The number of fused-ring (bicyclic) bond motifs is 1. The lowest BCUT2D eigenvalue weighted by atomic mass is 10.2. The van der Waals surface area contributed by atoms with E-state index in [0.29, 0.717) is 22.0 Å². The number of hydrogen-bond acceptors (Lipinski definition) is 6. The summed E-state index contributed by atoms with van der Waals surface area (Å²) in [5, 5.41) is 0. The second-order valence-electron chi connectivity index (χ2n) is 7.34. The van der Waals surface area contributed by atoms with Crippen LogP contribution in [0.25, 0.3) is 10.2 Å². The lowest BCUT2D eigenvalue weighted by Crippen LogP contribution is -2.26. The van der Waals surface area contributed by atoms with Gasteiger partial charge in [-0.1, -0.05) is 29.5 Å². The van der Waals surface area contributed by atoms with Crippen LogP contribution in [0.5, 0.6) is 11.5 Å². The van der Waals surface area contributed by atoms with Crippen LogP contribution in [-0.4, -0.2) is 40.2 Å². The summed E-state index contributed by atoms with van der Waals surface area (Å²) in [4.78, 5) is 17.7. The van der Waals surface area contributed by atoms with Crippen LogP contribution in [0.3, 0.4) is 0 Å². The van der Waals surface area contributed by atoms with Crippen molar-refractivity contribution in [1.29, 1.82) is 0 Å². The summed E-state index contributed by atoms with van der Waals surface area (Å²) in [5.41, 5.74) is 1.59. The molecule has 10 heteroatoms. The lowest BCUT2D eigenvalue weighted by molar-refractivity contribution is 0.0998. The molecule has 0 saturated carbocycles. The third kappa shape index (κ3) is 4.17. The molecule has 0 fully saturated rings. The Morgan fingerprint density at radius 3 is 2.18 bits per heavy atom. The molecular weight excluding hydrogens is 474 g/mol. The average Bonchev–Trinajstić information content (AvgIpc) is 3.19. The van der Waals surface area contributed by atoms with Gasteiger partial charge in [0.1, 0.15) is 21.7 Å². The zero-order valence-corrected chi connectivity index (χ0v) is 20.7. The molecule has 8 nitrogen and oxygen atoms in total. The number of carbonyl (C=O) groups excluding carboxylic acids is 1. The van der Waals surface area contributed by atoms with Gasteiger partial charge in [0.25, 0.3) is 15.9 Å². The van der Waals surface area contributed by atoms with Crippen molar-refractivity contribution in [3.8, 4) is 11.5 Å². The highest BCUT2D eigenvalue weighted by molar-refractivity contribution is 7.92. The Kier molecular flexibility index (Phi) is 6.45. The molecule has 0 N–H and O–H groups in total. The summed E-state index contributed by atoms with van der Waals surface area (Å²) in [5.74, 6) is 0.809. The van der Waals surface area contributed by atoms with Gasteiger partial charge in [-0.15, -0.1) is 0 Å². The number of anilines is 1. The molecule has 0 bridgehead atoms. The highest BCUT2D eigenvalue weighted by Crippen LogP contribution is 2.34. The van der Waals surface area contributed by atoms with E-state index in [4.69, 9.17) is 9.47 Å². The molecule has 4 aromatic rings. The minimum absolute atomic E-state index is 0.0808. The van der Waals surface area contributed by atoms with Gasteiger partial charge in [-0.25, -0.2) is 8.42 Å². The minimum Gasteiger partial charge on any atom is -0.495 e. The fourth-order valence-corrected chi connectivity index (χ4v) is 5.81. The van der Waals surface area contributed by atoms with E-state index in [2.05, 4.69) is 4.99 Å². The van der Waals surface area contributed by atoms with Crippen LogP contribution in [0.2, 0.25) is 0 Å². The minimum atomic E-state index is -3.77. The summed E-state index contributed by atoms with van der Waals surface area (Å²) < 4.78 is 40.6. The SMILES string of the molecule is COc1ccc(OC)c2c1sc(=NC(=O)c1ccc(S(=O)(=O)N(C)c3ccccc3)cc1)n2C. The smallest absolute Gasteiger partial charge is 0.279 e. The average molecular weight is 498 g/mol. The monoisotopic (exact) mass is 497 g/mol. The van der Waals surface area contributed by atoms with Crippen molar-refractivity contribution in [1.82, 2.24) is 4.57 Å². The number of para-hydroxylation sites is 1. The van der Waals surface area contributed by atoms with Crippen LogP contribution < -0.4 is 18.6 Å². The van der Waals surface area contributed by atoms with Crippen LogP contribution in [0.15, 0.2) is 76.6 Å². The van der Waals surface area contributed by atoms with E-state index in [-0.39, 0.29) is 10.5 Å². The number of ether oxygens (including phenoxy) is 2. The first-order valence-electron chi connectivity index (χ1n) is 10.2. The molecule has 0 unspecified atom stereocenters. The quantitative estimate of drug-likeness (QED) is 0.404. The van der Waals surface area contributed by atoms with Crippen LogP contribution in [0, 0.1) is 0 Å². The summed E-state index contributed by atoms with van der Waals surface area (Å²) in [6, 6.07) is 18.1. The second kappa shape index (κ2) is 9.32. The van der Waals surface area contributed by atoms with Crippen molar-refractivity contribution in [2.45, 2.75) is 4.90 Å². The molecule has 0 aliphatic heterocycles. The molecule has 0 atom stereocenters. The molecule has 0 spiro atoms. The predicted molar refractivity (Wildman–Crippen MR) is 132 cm³/mol. The van der Waals surface area contributed by atoms with E-state index in [1.165, 1.54) is 47.0 Å². The van der Waals surface area contributed by atoms with Gasteiger partial charge in [0.2, 0.25) is 0 Å². The molecule has 0 saturated heterocycles. The third-order valence-corrected chi connectivity index (χ3v) is 8.34. The molecule has 1 aromatic heterocycles. The Morgan fingerprint density at radius 2 is 1.56 bits per heavy atom. The number of nitrogens with zero attached hydrogens (tertiary/aromatic N) is 3. The molecule has 3 aromatic carbocycles. The van der Waals surface area contributed by atoms with Crippen LogP contribution >= 0.6 is 11.3 Å². The maximum atomic E-state index is 13.0. The first kappa shape index (κ1) is 23.5. The summed E-state index contributed by atoms with van der Waals surface area (Å²) in [7, 11) is 2.66. The Morgan fingerprint density at radius 1 is 0.941 bits per heavy atom. The zero-order chi connectivity index (χ0) is 24.5. The topological polar surface area (TPSA) is 90.2 Å². The molecule has 176 valence electrons. The van der Waals surface area contributed by atoms with Crippen molar-refractivity contribution in [2.24, 2.45) is 12.0 Å². The fraction of sp³-hybridized carbons (Fsp3) is 0.167. The second-order valence-corrected chi connectivity index (χ2v) is 10.3. The number of thiazole rings is 1. The number of benzene rings is 3. The van der Waals surface area contributed by atoms with Crippen molar-refractivity contribution in [2.75, 3.05) is 25.6 Å². The molecule has 1 amide bonds. The van der Waals surface area contributed by atoms with Crippen LogP contribution in [0.4, 0.5) is 5.69 Å². The van der Waals surface area contributed by atoms with E-state index >= 15 is 0 Å². The van der Waals surface area contributed by atoms with Gasteiger partial charge in [-0.05, 0) is 48.5 Å². The largest absolute Gasteiger partial charge is 0.495 e. The normalized spacial score (nSPS) is 12.1. The maximum absolute atomic E-state index is 13.0. The predicted octanol–water partition coefficient (Wildman–Crippen LogP) is 3.82. The number of methoxy groups -OCH3 is 2. The van der Waals surface area contributed by atoms with Crippen LogP contribution in [0.1, 0.15) is 10.4 Å². The van der Waals surface area contributed by atoms with E-state index in [0.717, 1.165) is 10.2 Å². The van der Waals surface area contributed by atoms with Crippen molar-refractivity contribution in [3.63, 3.8) is 0 Å². The zero-order valence-electron chi connectivity index (χ0n) is 19.1. The van der Waals surface area contributed by atoms with E-state index in [9.17, 15) is 13.2 Å². The van der Waals surface area contributed by atoms with E-state index in [1.54, 1.807) is 62.2 Å². The Bertz CT molecular complexity index is 1520. The maximum Gasteiger partial charge on any atom is 0.279 e. The van der Waals surface area contributed by atoms with Gasteiger partial charge in [0, 0.05) is 19.7 Å². The number of aromatic nitrogens is 1. The Balaban J connectivity index is 1.68. The molecular formula is C24H23N3O5S2. The fourth-order valence-electron chi connectivity index (χ4n) is 3.49. The molecule has 0 aliphatic rings. The van der Waals surface area contributed by atoms with Gasteiger partial charge >= 0.3 is 0 Å². The first-order valence-corrected chi connectivity index (χ1v) is 12.5. The van der Waals surface area contributed by atoms with Crippen molar-refractivity contribution in [3.05, 3.63) is 77.1 Å². The molecule has 1 heterocycles. The summed E-state index contributed by atoms with van der Waals surface area (Å²) >= 11 is 1.30. The van der Waals surface area contributed by atoms with E-state index < -0.39 is 15.9 Å². The van der Waals surface area contributed by atoms with Gasteiger partial charge in [-0.3, -0.25) is 9.10 Å². The summed E-state index contributed by atoms with van der Waals surface area (Å²) in [6.45, 7) is 0. The first-order chi connectivity index (χ1) is 16.3. The molecule has 0 aliphatic carbocycles. The van der Waals surface area contributed by atoms with Gasteiger partial charge in [0.05, 0.1) is 24.8 Å². The number of hydrogen-bond donors (Lipinski definition) is 0. The number of carbonyl (C=O) groups is 1. The number of sulfonamides is 1. The van der Waals surface area contributed by atoms with Gasteiger partial charge in [0.15, 0.2) is 4.80 Å².